The van der Waals surface area contributed by atoms with Crippen LogP contribution in [0, 0.1) is 5.92 Å². The second-order valence-electron chi connectivity index (χ2n) is 9.86. The third-order valence-electron chi connectivity index (χ3n) is 6.34. The lowest BCUT2D eigenvalue weighted by molar-refractivity contribution is -0.139. The lowest BCUT2D eigenvalue weighted by Crippen LogP contribution is -2.07. The molecular formula is C31H54O6. The lowest BCUT2D eigenvalue weighted by Gasteiger charge is -2.14. The molecule has 0 aromatic carbocycles. The molecule has 0 fully saturated rings. The van der Waals surface area contributed by atoms with E-state index < -0.39 is 11.9 Å². The van der Waals surface area contributed by atoms with Gasteiger partial charge >= 0.3 is 17.9 Å². The fourth-order valence-corrected chi connectivity index (χ4v) is 3.80. The molecule has 214 valence electrons. The quantitative estimate of drug-likeness (QED) is 0.0638. The van der Waals surface area contributed by atoms with Gasteiger partial charge in [0.25, 0.3) is 0 Å². The van der Waals surface area contributed by atoms with E-state index in [-0.39, 0.29) is 17.1 Å². The van der Waals surface area contributed by atoms with Crippen LogP contribution >= 0.6 is 0 Å². The number of esters is 1. The van der Waals surface area contributed by atoms with Gasteiger partial charge < -0.3 is 14.9 Å². The summed E-state index contributed by atoms with van der Waals surface area (Å²) in [7, 11) is 0. The minimum absolute atomic E-state index is 0.127. The number of rotatable bonds is 22. The Labute approximate surface area is 226 Å². The Morgan fingerprint density at radius 3 is 1.70 bits per heavy atom. The molecule has 6 heteroatoms. The molecule has 0 rings (SSSR count). The van der Waals surface area contributed by atoms with Crippen LogP contribution in [0.4, 0.5) is 0 Å². The number of aliphatic carboxylic acids is 2. The van der Waals surface area contributed by atoms with Crippen LogP contribution in [-0.2, 0) is 19.1 Å². The average Bonchev–Trinajstić information content (AvgIpc) is 2.86. The van der Waals surface area contributed by atoms with Gasteiger partial charge in [-0.2, -0.15) is 0 Å². The lowest BCUT2D eigenvalue weighted by atomic mass is 9.92. The summed E-state index contributed by atoms with van der Waals surface area (Å²) in [6.45, 7) is 15.6. The van der Waals surface area contributed by atoms with Gasteiger partial charge in [-0.1, -0.05) is 117 Å². The van der Waals surface area contributed by atoms with Crippen molar-refractivity contribution in [1.29, 1.82) is 0 Å². The molecule has 0 heterocycles. The highest BCUT2D eigenvalue weighted by atomic mass is 16.5. The van der Waals surface area contributed by atoms with E-state index in [0.29, 0.717) is 24.5 Å². The Morgan fingerprint density at radius 1 is 0.757 bits per heavy atom. The normalized spacial score (nSPS) is 11.7. The van der Waals surface area contributed by atoms with Crippen LogP contribution < -0.4 is 0 Å². The standard InChI is InChI=1S/C16H30O2.C15H24O4/c1-4-5-6-7-8-9-10-11-12-13-14-18-16(17)15(2)3;1-4-6-7-12(5-2)8-9-13(15(18)19)10-11(3)14(16)17/h2,4-14H2,1,3H3;10,12H,3-9H2,1-2H3,(H,16,17)(H,18,19). The number of hydrogen-bond acceptors (Lipinski definition) is 4. The molecule has 0 aromatic heterocycles. The number of carboxylic acid groups (broad SMARTS) is 2. The van der Waals surface area contributed by atoms with E-state index in [2.05, 4.69) is 33.9 Å². The van der Waals surface area contributed by atoms with Gasteiger partial charge in [0.15, 0.2) is 0 Å². The first-order valence-corrected chi connectivity index (χ1v) is 14.3. The number of unbranched alkanes of at least 4 members (excludes halogenated alkanes) is 10. The zero-order chi connectivity index (χ0) is 28.5. The summed E-state index contributed by atoms with van der Waals surface area (Å²) in [4.78, 5) is 32.8. The second-order valence-corrected chi connectivity index (χ2v) is 9.86. The predicted molar refractivity (Wildman–Crippen MR) is 153 cm³/mol. The summed E-state index contributed by atoms with van der Waals surface area (Å²) in [5, 5.41) is 17.8. The zero-order valence-corrected chi connectivity index (χ0v) is 24.1. The van der Waals surface area contributed by atoms with Crippen molar-refractivity contribution in [1.82, 2.24) is 0 Å². The largest absolute Gasteiger partial charge is 0.478 e. The van der Waals surface area contributed by atoms with E-state index in [4.69, 9.17) is 14.9 Å². The first-order chi connectivity index (χ1) is 17.6. The van der Waals surface area contributed by atoms with Crippen LogP contribution in [0.3, 0.4) is 0 Å². The van der Waals surface area contributed by atoms with Crippen molar-refractivity contribution in [3.8, 4) is 0 Å². The summed E-state index contributed by atoms with van der Waals surface area (Å²) in [5.41, 5.74) is 0.434. The molecule has 0 aliphatic heterocycles. The molecule has 0 aromatic rings. The average molecular weight is 523 g/mol. The molecule has 0 aliphatic rings. The van der Waals surface area contributed by atoms with Crippen LogP contribution in [0.1, 0.15) is 130 Å². The van der Waals surface area contributed by atoms with Crippen molar-refractivity contribution in [2.45, 2.75) is 130 Å². The molecule has 1 atom stereocenters. The Kier molecular flexibility index (Phi) is 25.1. The van der Waals surface area contributed by atoms with Crippen LogP contribution in [0.2, 0.25) is 0 Å². The summed E-state index contributed by atoms with van der Waals surface area (Å²) in [6.07, 6.45) is 19.7. The van der Waals surface area contributed by atoms with Crippen LogP contribution in [0.15, 0.2) is 36.0 Å². The highest BCUT2D eigenvalue weighted by Crippen LogP contribution is 2.22. The fourth-order valence-electron chi connectivity index (χ4n) is 3.80. The third kappa shape index (κ3) is 23.8. The Balaban J connectivity index is 0. The predicted octanol–water partition coefficient (Wildman–Crippen LogP) is 8.66. The number of carboxylic acids is 2. The fraction of sp³-hybridized carbons (Fsp3) is 0.710. The van der Waals surface area contributed by atoms with Crippen LogP contribution in [0.25, 0.3) is 0 Å². The maximum atomic E-state index is 11.1. The zero-order valence-electron chi connectivity index (χ0n) is 24.1. The van der Waals surface area contributed by atoms with E-state index in [0.717, 1.165) is 44.6 Å². The van der Waals surface area contributed by atoms with Crippen molar-refractivity contribution in [3.05, 3.63) is 36.0 Å². The molecule has 0 spiro atoms. The van der Waals surface area contributed by atoms with Gasteiger partial charge in [0, 0.05) is 11.1 Å². The van der Waals surface area contributed by atoms with E-state index >= 15 is 0 Å². The molecule has 0 amide bonds. The topological polar surface area (TPSA) is 101 Å². The van der Waals surface area contributed by atoms with Gasteiger partial charge in [-0.15, -0.1) is 0 Å². The maximum absolute atomic E-state index is 11.1. The first kappa shape index (κ1) is 36.8. The van der Waals surface area contributed by atoms with Gasteiger partial charge in [-0.05, 0) is 38.2 Å². The molecule has 0 bridgehead atoms. The van der Waals surface area contributed by atoms with Crippen molar-refractivity contribution in [3.63, 3.8) is 0 Å². The van der Waals surface area contributed by atoms with E-state index in [1.54, 1.807) is 6.92 Å². The number of hydrogen-bond donors (Lipinski definition) is 2. The van der Waals surface area contributed by atoms with Crippen LogP contribution in [0.5, 0.6) is 0 Å². The number of ether oxygens (including phenoxy) is 1. The molecule has 0 saturated carbocycles. The molecular weight excluding hydrogens is 468 g/mol. The molecule has 37 heavy (non-hydrogen) atoms. The van der Waals surface area contributed by atoms with Gasteiger partial charge in [-0.25, -0.2) is 14.4 Å². The minimum atomic E-state index is -1.18. The molecule has 0 saturated heterocycles. The van der Waals surface area contributed by atoms with E-state index in [1.165, 1.54) is 57.8 Å². The number of carbonyl (C=O) groups excluding carboxylic acids is 1. The monoisotopic (exact) mass is 522 g/mol. The van der Waals surface area contributed by atoms with Gasteiger partial charge in [0.05, 0.1) is 12.2 Å². The van der Waals surface area contributed by atoms with E-state index in [9.17, 15) is 14.4 Å². The van der Waals surface area contributed by atoms with Gasteiger partial charge in [0.2, 0.25) is 0 Å². The summed E-state index contributed by atoms with van der Waals surface area (Å²) in [6, 6.07) is 0. The van der Waals surface area contributed by atoms with Gasteiger partial charge in [0.1, 0.15) is 0 Å². The minimum Gasteiger partial charge on any atom is -0.478 e. The summed E-state index contributed by atoms with van der Waals surface area (Å²) < 4.78 is 5.04. The highest BCUT2D eigenvalue weighted by molar-refractivity contribution is 5.94. The Bertz CT molecular complexity index is 692. The maximum Gasteiger partial charge on any atom is 0.335 e. The smallest absolute Gasteiger partial charge is 0.335 e. The molecule has 2 N–H and O–H groups in total. The molecule has 0 radical (unpaired) electrons. The van der Waals surface area contributed by atoms with Crippen molar-refractivity contribution in [2.75, 3.05) is 6.61 Å². The molecule has 1 unspecified atom stereocenters. The summed E-state index contributed by atoms with van der Waals surface area (Å²) >= 11 is 0. The third-order valence-corrected chi connectivity index (χ3v) is 6.34. The van der Waals surface area contributed by atoms with Gasteiger partial charge in [-0.3, -0.25) is 0 Å². The highest BCUT2D eigenvalue weighted by Gasteiger charge is 2.13. The van der Waals surface area contributed by atoms with Crippen molar-refractivity contribution < 1.29 is 29.3 Å². The SMILES string of the molecule is C=C(C)C(=O)OCCCCCCCCCCCC.C=C(C=C(CCC(CC)CCCC)C(=O)O)C(=O)O. The molecule has 0 aliphatic carbocycles. The Morgan fingerprint density at radius 2 is 1.27 bits per heavy atom. The van der Waals surface area contributed by atoms with Crippen molar-refractivity contribution >= 4 is 17.9 Å². The van der Waals surface area contributed by atoms with Crippen LogP contribution in [-0.4, -0.2) is 34.7 Å². The molecule has 6 nitrogen and oxygen atoms in total. The van der Waals surface area contributed by atoms with E-state index in [1.807, 2.05) is 0 Å². The van der Waals surface area contributed by atoms with Crippen molar-refractivity contribution in [2.24, 2.45) is 5.92 Å². The Hall–Kier alpha value is -2.37. The first-order valence-electron chi connectivity index (χ1n) is 14.3. The number of carbonyl (C=O) groups is 3. The second kappa shape index (κ2) is 25.3. The summed E-state index contributed by atoms with van der Waals surface area (Å²) in [5.74, 6) is -2.00.